The third kappa shape index (κ3) is 6.18. The summed E-state index contributed by atoms with van der Waals surface area (Å²) >= 11 is 5.93. The normalized spacial score (nSPS) is 13.1. The Morgan fingerprint density at radius 2 is 1.94 bits per heavy atom. The van der Waals surface area contributed by atoms with Gasteiger partial charge in [0, 0.05) is 33.2 Å². The molecule has 2 nitrogen and oxygen atoms in total. The van der Waals surface area contributed by atoms with Gasteiger partial charge in [0.05, 0.1) is 0 Å². The fraction of sp³-hybridized carbons (Fsp3) is 0.538. The van der Waals surface area contributed by atoms with Gasteiger partial charge in [-0.1, -0.05) is 29.8 Å². The molecule has 1 aromatic rings. The van der Waals surface area contributed by atoms with Crippen molar-refractivity contribution in [2.75, 3.05) is 6.54 Å². The maximum atomic E-state index is 3.58. The van der Waals surface area contributed by atoms with Crippen LogP contribution in [0, 0.1) is 3.57 Å². The molecule has 2 N–H and O–H groups in total. The highest BCUT2D eigenvalue weighted by Crippen LogP contribution is 2.19. The average Bonchev–Trinajstić information content (AvgIpc) is 2.27. The van der Waals surface area contributed by atoms with Crippen molar-refractivity contribution in [2.24, 2.45) is 0 Å². The Balaban J connectivity index is 2.41. The van der Waals surface area contributed by atoms with E-state index >= 15 is 0 Å². The molecule has 0 aliphatic carbocycles. The molecule has 0 aromatic heterocycles. The summed E-state index contributed by atoms with van der Waals surface area (Å²) < 4.78 is 2.45. The lowest BCUT2D eigenvalue weighted by Gasteiger charge is -2.17. The van der Waals surface area contributed by atoms with Gasteiger partial charge in [-0.3, -0.25) is 0 Å². The molecule has 0 amide bonds. The van der Waals surface area contributed by atoms with Gasteiger partial charge in [-0.05, 0) is 53.3 Å². The van der Waals surface area contributed by atoms with Crippen molar-refractivity contribution in [3.8, 4) is 0 Å². The first-order valence-corrected chi connectivity index (χ1v) is 7.77. The van der Waals surface area contributed by atoms with E-state index in [1.807, 2.05) is 0 Å². The Hall–Kier alpha value is 0.350. The van der Waals surface area contributed by atoms with Gasteiger partial charge in [0.1, 0.15) is 0 Å². The molecule has 0 bridgehead atoms. The molecular weight excluding hydrogens is 391 g/mol. The fourth-order valence-corrected chi connectivity index (χ4v) is 2.39. The summed E-state index contributed by atoms with van der Waals surface area (Å²) in [4.78, 5) is 0. The first kappa shape index (κ1) is 15.4. The first-order chi connectivity index (χ1) is 7.99. The van der Waals surface area contributed by atoms with Crippen LogP contribution in [0.5, 0.6) is 0 Å². The van der Waals surface area contributed by atoms with Gasteiger partial charge >= 0.3 is 0 Å². The Bertz CT molecular complexity index is 355. The summed E-state index contributed by atoms with van der Waals surface area (Å²) in [7, 11) is 0. The molecule has 0 fully saturated rings. The van der Waals surface area contributed by atoms with E-state index in [-0.39, 0.29) is 0 Å². The molecule has 0 aliphatic rings. The third-order valence-electron chi connectivity index (χ3n) is 2.48. The molecule has 1 aromatic carbocycles. The number of hydrogen-bond acceptors (Lipinski definition) is 2. The second-order valence-electron chi connectivity index (χ2n) is 4.58. The zero-order valence-electron chi connectivity index (χ0n) is 10.6. The summed E-state index contributed by atoms with van der Waals surface area (Å²) in [6, 6.07) is 7.44. The van der Waals surface area contributed by atoms with Gasteiger partial charge in [0.15, 0.2) is 0 Å². The van der Waals surface area contributed by atoms with Crippen LogP contribution < -0.4 is 10.6 Å². The number of benzene rings is 1. The van der Waals surface area contributed by atoms with Crippen LogP contribution in [0.3, 0.4) is 0 Å². The highest BCUT2D eigenvalue weighted by atomic mass is 127. The van der Waals surface area contributed by atoms with Crippen molar-refractivity contribution in [2.45, 2.75) is 39.4 Å². The lowest BCUT2D eigenvalue weighted by Crippen LogP contribution is -2.38. The van der Waals surface area contributed by atoms with Crippen LogP contribution in [-0.2, 0) is 6.54 Å². The Morgan fingerprint density at radius 1 is 1.24 bits per heavy atom. The smallest absolute Gasteiger partial charge is 0.0220 e. The highest BCUT2D eigenvalue weighted by molar-refractivity contribution is 14.1. The minimum absolute atomic E-state index is 0.474. The fourth-order valence-electron chi connectivity index (χ4n) is 1.45. The number of rotatable bonds is 6. The van der Waals surface area contributed by atoms with Crippen LogP contribution in [0.4, 0.5) is 0 Å². The minimum atomic E-state index is 0.474. The van der Waals surface area contributed by atoms with E-state index in [2.05, 4.69) is 88.1 Å². The Morgan fingerprint density at radius 3 is 2.59 bits per heavy atom. The number of nitrogens with one attached hydrogen (secondary N) is 2. The topological polar surface area (TPSA) is 24.1 Å². The van der Waals surface area contributed by atoms with E-state index in [0.29, 0.717) is 12.1 Å². The average molecular weight is 411 g/mol. The third-order valence-corrected chi connectivity index (χ3v) is 3.93. The zero-order valence-corrected chi connectivity index (χ0v) is 14.3. The summed E-state index contributed by atoms with van der Waals surface area (Å²) in [5.74, 6) is 0. The molecule has 17 heavy (non-hydrogen) atoms. The van der Waals surface area contributed by atoms with Crippen molar-refractivity contribution in [3.05, 3.63) is 31.8 Å². The van der Waals surface area contributed by atoms with Crippen molar-refractivity contribution in [1.82, 2.24) is 10.6 Å². The van der Waals surface area contributed by atoms with Crippen molar-refractivity contribution in [1.29, 1.82) is 0 Å². The van der Waals surface area contributed by atoms with Crippen molar-refractivity contribution in [3.63, 3.8) is 0 Å². The summed E-state index contributed by atoms with van der Waals surface area (Å²) in [5, 5.41) is 6.96. The van der Waals surface area contributed by atoms with Gasteiger partial charge < -0.3 is 10.6 Å². The second-order valence-corrected chi connectivity index (χ2v) is 6.68. The number of hydrogen-bond donors (Lipinski definition) is 2. The van der Waals surface area contributed by atoms with E-state index in [4.69, 9.17) is 0 Å². The zero-order chi connectivity index (χ0) is 12.8. The molecule has 0 saturated carbocycles. The van der Waals surface area contributed by atoms with Gasteiger partial charge in [-0.2, -0.15) is 0 Å². The van der Waals surface area contributed by atoms with Crippen LogP contribution in [0.1, 0.15) is 26.3 Å². The van der Waals surface area contributed by atoms with Crippen LogP contribution in [0.25, 0.3) is 0 Å². The second kappa shape index (κ2) is 7.71. The van der Waals surface area contributed by atoms with E-state index in [1.165, 1.54) is 13.6 Å². The Labute approximate surface area is 126 Å². The minimum Gasteiger partial charge on any atom is -0.313 e. The monoisotopic (exact) mass is 410 g/mol. The first-order valence-electron chi connectivity index (χ1n) is 5.89. The van der Waals surface area contributed by atoms with Crippen LogP contribution in [-0.4, -0.2) is 18.6 Å². The number of halogens is 2. The maximum Gasteiger partial charge on any atom is 0.0220 e. The summed E-state index contributed by atoms with van der Waals surface area (Å²) in [6.07, 6.45) is 0. The maximum absolute atomic E-state index is 3.58. The van der Waals surface area contributed by atoms with E-state index in [1.54, 1.807) is 0 Å². The highest BCUT2D eigenvalue weighted by Gasteiger charge is 2.05. The van der Waals surface area contributed by atoms with E-state index in [9.17, 15) is 0 Å². The lowest BCUT2D eigenvalue weighted by atomic mass is 10.2. The SMILES string of the molecule is CC(C)NCC(C)NCc1cc(I)ccc1Br. The molecule has 0 spiro atoms. The van der Waals surface area contributed by atoms with Gasteiger partial charge in [-0.15, -0.1) is 0 Å². The van der Waals surface area contributed by atoms with Crippen molar-refractivity contribution < 1.29 is 0 Å². The predicted octanol–water partition coefficient (Wildman–Crippen LogP) is 3.53. The molecule has 1 rings (SSSR count). The van der Waals surface area contributed by atoms with Crippen LogP contribution >= 0.6 is 38.5 Å². The lowest BCUT2D eigenvalue weighted by molar-refractivity contribution is 0.473. The molecule has 0 saturated heterocycles. The largest absolute Gasteiger partial charge is 0.313 e. The van der Waals surface area contributed by atoms with Gasteiger partial charge in [0.25, 0.3) is 0 Å². The molecule has 0 radical (unpaired) electrons. The van der Waals surface area contributed by atoms with E-state index < -0.39 is 0 Å². The van der Waals surface area contributed by atoms with Crippen LogP contribution in [0.2, 0.25) is 0 Å². The molecule has 96 valence electrons. The molecule has 1 unspecified atom stereocenters. The predicted molar refractivity (Wildman–Crippen MR) is 86.3 cm³/mol. The van der Waals surface area contributed by atoms with E-state index in [0.717, 1.165) is 13.1 Å². The Kier molecular flexibility index (Phi) is 6.99. The summed E-state index contributed by atoms with van der Waals surface area (Å²) in [5.41, 5.74) is 1.31. The molecule has 4 heteroatoms. The standard InChI is InChI=1S/C13H20BrIN2/c1-9(2)16-7-10(3)17-8-11-6-12(15)4-5-13(11)14/h4-6,9-10,16-17H,7-8H2,1-3H3. The molecule has 0 heterocycles. The van der Waals surface area contributed by atoms with Crippen molar-refractivity contribution >= 4 is 38.5 Å². The van der Waals surface area contributed by atoms with Gasteiger partial charge in [0.2, 0.25) is 0 Å². The molecule has 0 aliphatic heterocycles. The molecular formula is C13H20BrIN2. The quantitative estimate of drug-likeness (QED) is 0.701. The van der Waals surface area contributed by atoms with Crippen LogP contribution in [0.15, 0.2) is 22.7 Å². The van der Waals surface area contributed by atoms with Gasteiger partial charge in [-0.25, -0.2) is 0 Å². The molecule has 1 atom stereocenters. The summed E-state index contributed by atoms with van der Waals surface area (Å²) in [6.45, 7) is 8.44.